The number of carbonyl (C=O) groups excluding carboxylic acids is 3. The van der Waals surface area contributed by atoms with Crippen LogP contribution in [0, 0.1) is 5.92 Å². The zero-order chi connectivity index (χ0) is 28.1. The number of piperazine rings is 1. The minimum Gasteiger partial charge on any atom is -0.340 e. The Morgan fingerprint density at radius 3 is 2.65 bits per heavy atom. The molecular weight excluding hydrogens is 522 g/mol. The Morgan fingerprint density at radius 2 is 1.90 bits per heavy atom. The van der Waals surface area contributed by atoms with Crippen LogP contribution in [0.25, 0.3) is 6.08 Å². The number of ketones is 1. The van der Waals surface area contributed by atoms with E-state index in [1.54, 1.807) is 22.7 Å². The number of hydrogen-bond acceptors (Lipinski definition) is 7. The lowest BCUT2D eigenvalue weighted by Gasteiger charge is -2.39. The number of benzene rings is 1. The molecule has 9 heteroatoms. The maximum Gasteiger partial charge on any atom is 0.245 e. The van der Waals surface area contributed by atoms with Crippen LogP contribution >= 0.6 is 11.8 Å². The third-order valence-corrected chi connectivity index (χ3v) is 8.56. The van der Waals surface area contributed by atoms with Crippen molar-refractivity contribution >= 4 is 46.9 Å². The molecule has 1 aromatic heterocycles. The number of pyridine rings is 1. The number of hydrogen-bond donors (Lipinski definition) is 1. The molecule has 40 heavy (non-hydrogen) atoms. The van der Waals surface area contributed by atoms with Crippen molar-refractivity contribution in [3.05, 3.63) is 72.0 Å². The molecule has 8 nitrogen and oxygen atoms in total. The second-order valence-corrected chi connectivity index (χ2v) is 11.7. The monoisotopic (exact) mass is 559 g/mol. The summed E-state index contributed by atoms with van der Waals surface area (Å²) in [5.74, 6) is 1.83. The Balaban J connectivity index is 1.19. The highest BCUT2D eigenvalue weighted by Gasteiger charge is 2.32. The first-order valence-corrected chi connectivity index (χ1v) is 15.3. The average molecular weight is 560 g/mol. The van der Waals surface area contributed by atoms with Gasteiger partial charge in [-0.05, 0) is 78.1 Å². The molecule has 1 aliphatic carbocycles. The summed E-state index contributed by atoms with van der Waals surface area (Å²) in [7, 11) is 0. The summed E-state index contributed by atoms with van der Waals surface area (Å²) in [4.78, 5) is 47.5. The van der Waals surface area contributed by atoms with Gasteiger partial charge in [0.05, 0.1) is 5.75 Å². The van der Waals surface area contributed by atoms with Gasteiger partial charge in [0.2, 0.25) is 11.8 Å². The van der Waals surface area contributed by atoms with Crippen molar-refractivity contribution in [1.82, 2.24) is 19.7 Å². The first-order chi connectivity index (χ1) is 19.4. The summed E-state index contributed by atoms with van der Waals surface area (Å²) < 4.78 is 0. The molecule has 0 spiro atoms. The van der Waals surface area contributed by atoms with Gasteiger partial charge in [0.1, 0.15) is 5.82 Å². The highest BCUT2D eigenvalue weighted by molar-refractivity contribution is 7.99. The third-order valence-electron chi connectivity index (χ3n) is 8.02. The highest BCUT2D eigenvalue weighted by Crippen LogP contribution is 2.35. The SMILES string of the molecule is C=CC(=O)N1CC(CCC2C(=O)C=Cc3cnc(Nc4cccc(CN5CCN(C(=O)CSC)CC5)c4)cc32)C1. The average Bonchev–Trinajstić information content (AvgIpc) is 2.93. The molecule has 3 aliphatic rings. The number of allylic oxidation sites excluding steroid dienone is 1. The molecule has 5 rings (SSSR count). The first-order valence-electron chi connectivity index (χ1n) is 13.9. The van der Waals surface area contributed by atoms with Crippen LogP contribution in [0.15, 0.2) is 55.3 Å². The van der Waals surface area contributed by atoms with Crippen molar-refractivity contribution in [2.24, 2.45) is 5.92 Å². The van der Waals surface area contributed by atoms with Gasteiger partial charge in [0.15, 0.2) is 5.78 Å². The Kier molecular flexibility index (Phi) is 9.01. The Morgan fingerprint density at radius 1 is 1.10 bits per heavy atom. The summed E-state index contributed by atoms with van der Waals surface area (Å²) in [5, 5.41) is 3.44. The van der Waals surface area contributed by atoms with Gasteiger partial charge in [0, 0.05) is 63.6 Å². The maximum absolute atomic E-state index is 12.9. The number of nitrogens with zero attached hydrogens (tertiary/aromatic N) is 4. The minimum atomic E-state index is -0.194. The third kappa shape index (κ3) is 6.64. The van der Waals surface area contributed by atoms with Gasteiger partial charge in [-0.15, -0.1) is 0 Å². The Labute approximate surface area is 240 Å². The van der Waals surface area contributed by atoms with E-state index < -0.39 is 0 Å². The molecule has 1 atom stereocenters. The molecule has 2 amide bonds. The van der Waals surface area contributed by atoms with E-state index in [0.29, 0.717) is 11.7 Å². The van der Waals surface area contributed by atoms with Crippen LogP contribution in [-0.4, -0.2) is 88.6 Å². The molecular formula is C31H37N5O3S. The molecule has 0 bridgehead atoms. The predicted molar refractivity (Wildman–Crippen MR) is 160 cm³/mol. The number of nitrogens with one attached hydrogen (secondary N) is 1. The largest absolute Gasteiger partial charge is 0.340 e. The number of rotatable bonds is 10. The van der Waals surface area contributed by atoms with Crippen LogP contribution in [0.3, 0.4) is 0 Å². The number of anilines is 2. The van der Waals surface area contributed by atoms with E-state index in [1.165, 1.54) is 11.6 Å². The van der Waals surface area contributed by atoms with Crippen LogP contribution in [0.4, 0.5) is 11.5 Å². The smallest absolute Gasteiger partial charge is 0.245 e. The van der Waals surface area contributed by atoms with E-state index in [-0.39, 0.29) is 23.5 Å². The fraction of sp³-hybridized carbons (Fsp3) is 0.419. The van der Waals surface area contributed by atoms with Gasteiger partial charge in [-0.1, -0.05) is 18.7 Å². The summed E-state index contributed by atoms with van der Waals surface area (Å²) in [6.07, 6.45) is 10.3. The number of carbonyl (C=O) groups is 3. The number of likely N-dealkylation sites (tertiary alicyclic amines) is 1. The van der Waals surface area contributed by atoms with Crippen molar-refractivity contribution in [3.8, 4) is 0 Å². The normalized spacial score (nSPS) is 19.2. The lowest BCUT2D eigenvalue weighted by atomic mass is 9.81. The molecule has 1 N–H and O–H groups in total. The van der Waals surface area contributed by atoms with Crippen molar-refractivity contribution < 1.29 is 14.4 Å². The fourth-order valence-electron chi connectivity index (χ4n) is 5.72. The van der Waals surface area contributed by atoms with Crippen LogP contribution in [-0.2, 0) is 20.9 Å². The first kappa shape index (κ1) is 28.1. The van der Waals surface area contributed by atoms with Gasteiger partial charge >= 0.3 is 0 Å². The number of aromatic nitrogens is 1. The fourth-order valence-corrected chi connectivity index (χ4v) is 6.15. The van der Waals surface area contributed by atoms with E-state index in [9.17, 15) is 14.4 Å². The Hall–Kier alpha value is -3.43. The molecule has 1 unspecified atom stereocenters. The zero-order valence-electron chi connectivity index (χ0n) is 23.1. The Bertz CT molecular complexity index is 1300. The molecule has 2 saturated heterocycles. The lowest BCUT2D eigenvalue weighted by Crippen LogP contribution is -2.49. The molecule has 2 aromatic rings. The number of fused-ring (bicyclic) bond motifs is 1. The summed E-state index contributed by atoms with van der Waals surface area (Å²) in [6, 6.07) is 10.3. The molecule has 0 saturated carbocycles. The topological polar surface area (TPSA) is 85.8 Å². The number of amides is 2. The van der Waals surface area contributed by atoms with Crippen molar-refractivity contribution in [1.29, 1.82) is 0 Å². The molecule has 0 radical (unpaired) electrons. The number of thioether (sulfide) groups is 1. The van der Waals surface area contributed by atoms with E-state index in [0.717, 1.165) is 81.3 Å². The van der Waals surface area contributed by atoms with E-state index in [4.69, 9.17) is 0 Å². The molecule has 3 heterocycles. The summed E-state index contributed by atoms with van der Waals surface area (Å²) in [6.45, 7) is 9.15. The second kappa shape index (κ2) is 12.8. The van der Waals surface area contributed by atoms with Gasteiger partial charge in [-0.2, -0.15) is 11.8 Å². The molecule has 210 valence electrons. The highest BCUT2D eigenvalue weighted by atomic mass is 32.2. The van der Waals surface area contributed by atoms with Gasteiger partial charge < -0.3 is 15.1 Å². The van der Waals surface area contributed by atoms with Crippen molar-refractivity contribution in [2.75, 3.05) is 56.6 Å². The van der Waals surface area contributed by atoms with Crippen LogP contribution < -0.4 is 5.32 Å². The van der Waals surface area contributed by atoms with E-state index in [1.807, 2.05) is 41.6 Å². The molecule has 2 aliphatic heterocycles. The van der Waals surface area contributed by atoms with Crippen LogP contribution in [0.2, 0.25) is 0 Å². The minimum absolute atomic E-state index is 0.0233. The van der Waals surface area contributed by atoms with Gasteiger partial charge in [-0.3, -0.25) is 19.3 Å². The standard InChI is InChI=1S/C31H37N5O3S/c1-3-30(38)36-19-23(20-36)7-9-26-27-16-29(32-17-24(27)8-10-28(26)37)33-25-6-4-5-22(15-25)18-34-11-13-35(14-12-34)31(39)21-40-2/h3-6,8,10,15-17,23,26H,1,7,9,11-14,18-21H2,2H3,(H,32,33). The van der Waals surface area contributed by atoms with E-state index >= 15 is 0 Å². The van der Waals surface area contributed by atoms with Gasteiger partial charge in [0.25, 0.3) is 0 Å². The van der Waals surface area contributed by atoms with Crippen molar-refractivity contribution in [2.45, 2.75) is 25.3 Å². The quantitative estimate of drug-likeness (QED) is 0.442. The lowest BCUT2D eigenvalue weighted by molar-refractivity contribution is -0.132. The molecule has 1 aromatic carbocycles. The predicted octanol–water partition coefficient (Wildman–Crippen LogP) is 3.94. The summed E-state index contributed by atoms with van der Waals surface area (Å²) in [5.41, 5.74) is 4.14. The second-order valence-electron chi connectivity index (χ2n) is 10.8. The zero-order valence-corrected chi connectivity index (χ0v) is 23.9. The molecule has 2 fully saturated rings. The van der Waals surface area contributed by atoms with Crippen LogP contribution in [0.5, 0.6) is 0 Å². The summed E-state index contributed by atoms with van der Waals surface area (Å²) >= 11 is 1.57. The maximum atomic E-state index is 12.9. The van der Waals surface area contributed by atoms with Crippen LogP contribution in [0.1, 0.15) is 35.4 Å². The van der Waals surface area contributed by atoms with Crippen molar-refractivity contribution in [3.63, 3.8) is 0 Å². The van der Waals surface area contributed by atoms with E-state index in [2.05, 4.69) is 33.9 Å². The van der Waals surface area contributed by atoms with Gasteiger partial charge in [-0.25, -0.2) is 4.98 Å².